The number of amides is 1. The van der Waals surface area contributed by atoms with Crippen LogP contribution in [0.2, 0.25) is 0 Å². The third-order valence-electron chi connectivity index (χ3n) is 3.42. The van der Waals surface area contributed by atoms with Gasteiger partial charge in [0.2, 0.25) is 5.91 Å². The maximum atomic E-state index is 13.4. The molecule has 0 aromatic heterocycles. The minimum atomic E-state index is -0.419. The molecular weight excluding hydrogens is 325 g/mol. The van der Waals surface area contributed by atoms with E-state index in [0.717, 1.165) is 23.5 Å². The summed E-state index contributed by atoms with van der Waals surface area (Å²) in [6.07, 6.45) is 0.852. The van der Waals surface area contributed by atoms with Crippen LogP contribution in [0.15, 0.2) is 42.5 Å². The van der Waals surface area contributed by atoms with Gasteiger partial charge < -0.3 is 10.1 Å². The van der Waals surface area contributed by atoms with Crippen LogP contribution >= 0.6 is 11.8 Å². The fourth-order valence-electron chi connectivity index (χ4n) is 2.12. The van der Waals surface area contributed by atoms with E-state index in [2.05, 4.69) is 11.4 Å². The van der Waals surface area contributed by atoms with Crippen LogP contribution in [0.1, 0.15) is 17.5 Å². The molecule has 0 spiro atoms. The molecule has 0 bridgehead atoms. The van der Waals surface area contributed by atoms with Gasteiger partial charge in [-0.15, -0.1) is 0 Å². The van der Waals surface area contributed by atoms with Crippen molar-refractivity contribution in [1.29, 1.82) is 0 Å². The van der Waals surface area contributed by atoms with Crippen molar-refractivity contribution in [2.24, 2.45) is 0 Å². The number of thioether (sulfide) groups is 1. The molecular formula is C19H22FNO2S. The lowest BCUT2D eigenvalue weighted by Gasteiger charge is -2.10. The molecule has 1 amide bonds. The SMILES string of the molecule is Cc1ccc(C)c(OCCCSCC(=O)Nc2ccccc2F)c1. The number of halogens is 1. The maximum Gasteiger partial charge on any atom is 0.234 e. The first-order valence-corrected chi connectivity index (χ1v) is 9.04. The highest BCUT2D eigenvalue weighted by atomic mass is 32.2. The highest BCUT2D eigenvalue weighted by molar-refractivity contribution is 7.99. The van der Waals surface area contributed by atoms with Gasteiger partial charge in [0.25, 0.3) is 0 Å². The van der Waals surface area contributed by atoms with Crippen molar-refractivity contribution in [3.05, 3.63) is 59.4 Å². The number of anilines is 1. The molecule has 0 aliphatic carbocycles. The number of aryl methyl sites for hydroxylation is 2. The first-order valence-electron chi connectivity index (χ1n) is 7.88. The number of nitrogens with one attached hydrogen (secondary N) is 1. The monoisotopic (exact) mass is 347 g/mol. The Morgan fingerprint density at radius 3 is 2.79 bits per heavy atom. The van der Waals surface area contributed by atoms with Gasteiger partial charge in [0, 0.05) is 0 Å². The number of benzene rings is 2. The lowest BCUT2D eigenvalue weighted by Crippen LogP contribution is -2.15. The molecule has 1 N–H and O–H groups in total. The zero-order chi connectivity index (χ0) is 17.4. The molecule has 0 fully saturated rings. The molecule has 0 saturated heterocycles. The van der Waals surface area contributed by atoms with E-state index in [-0.39, 0.29) is 11.6 Å². The molecule has 0 atom stereocenters. The van der Waals surface area contributed by atoms with Gasteiger partial charge in [0.05, 0.1) is 18.0 Å². The van der Waals surface area contributed by atoms with E-state index < -0.39 is 5.82 Å². The molecule has 128 valence electrons. The van der Waals surface area contributed by atoms with Gasteiger partial charge in [-0.05, 0) is 55.3 Å². The molecule has 2 aromatic rings. The normalized spacial score (nSPS) is 10.5. The van der Waals surface area contributed by atoms with E-state index in [1.54, 1.807) is 18.2 Å². The Morgan fingerprint density at radius 1 is 1.21 bits per heavy atom. The smallest absolute Gasteiger partial charge is 0.234 e. The molecule has 0 unspecified atom stereocenters. The zero-order valence-electron chi connectivity index (χ0n) is 14.0. The van der Waals surface area contributed by atoms with Gasteiger partial charge in [-0.2, -0.15) is 11.8 Å². The van der Waals surface area contributed by atoms with Crippen LogP contribution in [-0.2, 0) is 4.79 Å². The number of hydrogen-bond acceptors (Lipinski definition) is 3. The predicted molar refractivity (Wildman–Crippen MR) is 98.4 cm³/mol. The van der Waals surface area contributed by atoms with Gasteiger partial charge in [-0.1, -0.05) is 24.3 Å². The number of hydrogen-bond donors (Lipinski definition) is 1. The Kier molecular flexibility index (Phi) is 7.12. The summed E-state index contributed by atoms with van der Waals surface area (Å²) in [4.78, 5) is 11.8. The van der Waals surface area contributed by atoms with E-state index in [1.807, 2.05) is 26.0 Å². The molecule has 2 rings (SSSR count). The topological polar surface area (TPSA) is 38.3 Å². The molecule has 0 heterocycles. The lowest BCUT2D eigenvalue weighted by molar-refractivity contribution is -0.113. The Balaban J connectivity index is 1.62. The van der Waals surface area contributed by atoms with Crippen LogP contribution < -0.4 is 10.1 Å². The molecule has 0 radical (unpaired) electrons. The predicted octanol–water partition coefficient (Wildman–Crippen LogP) is 4.58. The highest BCUT2D eigenvalue weighted by Crippen LogP contribution is 2.19. The molecule has 5 heteroatoms. The van der Waals surface area contributed by atoms with Crippen molar-refractivity contribution in [2.45, 2.75) is 20.3 Å². The van der Waals surface area contributed by atoms with Crippen molar-refractivity contribution in [3.63, 3.8) is 0 Å². The van der Waals surface area contributed by atoms with E-state index in [9.17, 15) is 9.18 Å². The molecule has 0 aliphatic heterocycles. The second-order valence-electron chi connectivity index (χ2n) is 5.55. The summed E-state index contributed by atoms with van der Waals surface area (Å²) in [5.74, 6) is 1.42. The van der Waals surface area contributed by atoms with E-state index in [0.29, 0.717) is 12.4 Å². The fourth-order valence-corrected chi connectivity index (χ4v) is 2.84. The third kappa shape index (κ3) is 5.89. The quantitative estimate of drug-likeness (QED) is 0.710. The van der Waals surface area contributed by atoms with E-state index in [4.69, 9.17) is 4.74 Å². The van der Waals surface area contributed by atoms with Gasteiger partial charge >= 0.3 is 0 Å². The second-order valence-corrected chi connectivity index (χ2v) is 6.66. The molecule has 2 aromatic carbocycles. The van der Waals surface area contributed by atoms with Crippen molar-refractivity contribution >= 4 is 23.4 Å². The zero-order valence-corrected chi connectivity index (χ0v) is 14.8. The second kappa shape index (κ2) is 9.33. The van der Waals surface area contributed by atoms with Crippen molar-refractivity contribution in [3.8, 4) is 5.75 Å². The Morgan fingerprint density at radius 2 is 2.00 bits per heavy atom. The summed E-state index contributed by atoms with van der Waals surface area (Å²) >= 11 is 1.51. The molecule has 0 saturated carbocycles. The van der Waals surface area contributed by atoms with Gasteiger partial charge in [-0.3, -0.25) is 4.79 Å². The lowest BCUT2D eigenvalue weighted by atomic mass is 10.1. The number of carbonyl (C=O) groups is 1. The summed E-state index contributed by atoms with van der Waals surface area (Å²) < 4.78 is 19.2. The first-order chi connectivity index (χ1) is 11.6. The van der Waals surface area contributed by atoms with Gasteiger partial charge in [0.15, 0.2) is 0 Å². The number of para-hydroxylation sites is 1. The fraction of sp³-hybridized carbons (Fsp3) is 0.316. The number of carbonyl (C=O) groups excluding carboxylic acids is 1. The van der Waals surface area contributed by atoms with Gasteiger partial charge in [-0.25, -0.2) is 4.39 Å². The minimum absolute atomic E-state index is 0.194. The standard InChI is InChI=1S/C19H22FNO2S/c1-14-8-9-15(2)18(12-14)23-10-5-11-24-13-19(22)21-17-7-4-3-6-16(17)20/h3-4,6-9,12H,5,10-11,13H2,1-2H3,(H,21,22). The van der Waals surface area contributed by atoms with Crippen LogP contribution in [0.4, 0.5) is 10.1 Å². The minimum Gasteiger partial charge on any atom is -0.493 e. The summed E-state index contributed by atoms with van der Waals surface area (Å²) in [6.45, 7) is 4.68. The largest absolute Gasteiger partial charge is 0.493 e. The number of rotatable bonds is 8. The van der Waals surface area contributed by atoms with Gasteiger partial charge in [0.1, 0.15) is 11.6 Å². The highest BCUT2D eigenvalue weighted by Gasteiger charge is 2.06. The average molecular weight is 347 g/mol. The van der Waals surface area contributed by atoms with Crippen LogP contribution in [0.5, 0.6) is 5.75 Å². The van der Waals surface area contributed by atoms with Crippen LogP contribution in [-0.4, -0.2) is 24.0 Å². The summed E-state index contributed by atoms with van der Waals surface area (Å²) in [7, 11) is 0. The summed E-state index contributed by atoms with van der Waals surface area (Å²) in [6, 6.07) is 12.3. The third-order valence-corrected chi connectivity index (χ3v) is 4.46. The average Bonchev–Trinajstić information content (AvgIpc) is 2.56. The molecule has 3 nitrogen and oxygen atoms in total. The van der Waals surface area contributed by atoms with E-state index in [1.165, 1.54) is 23.4 Å². The summed E-state index contributed by atoms with van der Waals surface area (Å²) in [5, 5.41) is 2.57. The van der Waals surface area contributed by atoms with Crippen LogP contribution in [0, 0.1) is 19.7 Å². The molecule has 0 aliphatic rings. The number of ether oxygens (including phenoxy) is 1. The van der Waals surface area contributed by atoms with Crippen LogP contribution in [0.25, 0.3) is 0 Å². The summed E-state index contributed by atoms with van der Waals surface area (Å²) in [5.41, 5.74) is 2.52. The Labute approximate surface area is 146 Å². The molecule has 24 heavy (non-hydrogen) atoms. The maximum absolute atomic E-state index is 13.4. The Hall–Kier alpha value is -2.01. The van der Waals surface area contributed by atoms with E-state index >= 15 is 0 Å². The van der Waals surface area contributed by atoms with Crippen molar-refractivity contribution < 1.29 is 13.9 Å². The first kappa shape index (κ1) is 18.3. The Bertz CT molecular complexity index is 691. The van der Waals surface area contributed by atoms with Crippen molar-refractivity contribution in [1.82, 2.24) is 0 Å². The van der Waals surface area contributed by atoms with Crippen LogP contribution in [0.3, 0.4) is 0 Å². The van der Waals surface area contributed by atoms with Crippen molar-refractivity contribution in [2.75, 3.05) is 23.4 Å².